The molecule has 1 aromatic carbocycles. The number of aromatic nitrogens is 2. The van der Waals surface area contributed by atoms with Gasteiger partial charge in [0.2, 0.25) is 0 Å². The Morgan fingerprint density at radius 3 is 2.59 bits per heavy atom. The van der Waals surface area contributed by atoms with E-state index in [9.17, 15) is 4.79 Å². The van der Waals surface area contributed by atoms with E-state index in [2.05, 4.69) is 9.97 Å². The molecular formula is C14H12N2O. The molecular weight excluding hydrogens is 212 g/mol. The molecule has 0 radical (unpaired) electrons. The van der Waals surface area contributed by atoms with E-state index in [1.54, 1.807) is 18.5 Å². The molecule has 3 rings (SSSR count). The number of carbonyl (C=O) groups excluding carboxylic acids is 1. The molecule has 0 fully saturated rings. The predicted molar refractivity (Wildman–Crippen MR) is 64.7 cm³/mol. The summed E-state index contributed by atoms with van der Waals surface area (Å²) in [6.07, 6.45) is 4.24. The van der Waals surface area contributed by atoms with Gasteiger partial charge in [0.15, 0.2) is 11.6 Å². The molecule has 3 heteroatoms. The van der Waals surface area contributed by atoms with E-state index in [1.165, 1.54) is 0 Å². The van der Waals surface area contributed by atoms with E-state index in [4.69, 9.17) is 0 Å². The van der Waals surface area contributed by atoms with Gasteiger partial charge in [-0.1, -0.05) is 25.1 Å². The maximum Gasteiger partial charge on any atom is 0.166 e. The molecule has 0 amide bonds. The van der Waals surface area contributed by atoms with Crippen molar-refractivity contribution in [2.24, 2.45) is 5.92 Å². The molecule has 0 aliphatic heterocycles. The smallest absolute Gasteiger partial charge is 0.166 e. The molecule has 1 atom stereocenters. The van der Waals surface area contributed by atoms with E-state index in [1.807, 2.05) is 25.1 Å². The van der Waals surface area contributed by atoms with Crippen LogP contribution >= 0.6 is 0 Å². The summed E-state index contributed by atoms with van der Waals surface area (Å²) in [7, 11) is 0. The Hall–Kier alpha value is -2.03. The van der Waals surface area contributed by atoms with Crippen molar-refractivity contribution in [3.8, 4) is 11.4 Å². The lowest BCUT2D eigenvalue weighted by Gasteiger charge is -2.05. The Bertz CT molecular complexity index is 578. The first kappa shape index (κ1) is 10.1. The van der Waals surface area contributed by atoms with Crippen molar-refractivity contribution in [2.75, 3.05) is 0 Å². The number of nitrogens with zero attached hydrogens (tertiary/aromatic N) is 2. The van der Waals surface area contributed by atoms with Crippen LogP contribution in [0.2, 0.25) is 0 Å². The highest BCUT2D eigenvalue weighted by Gasteiger charge is 2.29. The molecule has 2 aromatic rings. The van der Waals surface area contributed by atoms with Gasteiger partial charge >= 0.3 is 0 Å². The van der Waals surface area contributed by atoms with Crippen molar-refractivity contribution in [1.82, 2.24) is 9.97 Å². The van der Waals surface area contributed by atoms with Crippen molar-refractivity contribution >= 4 is 5.78 Å². The van der Waals surface area contributed by atoms with Gasteiger partial charge in [0.05, 0.1) is 0 Å². The van der Waals surface area contributed by atoms with Crippen LogP contribution in [0, 0.1) is 5.92 Å². The lowest BCUT2D eigenvalue weighted by Crippen LogP contribution is -2.02. The molecule has 0 saturated carbocycles. The van der Waals surface area contributed by atoms with Gasteiger partial charge in [-0.15, -0.1) is 0 Å². The Morgan fingerprint density at radius 1 is 1.12 bits per heavy atom. The highest BCUT2D eigenvalue weighted by molar-refractivity contribution is 6.03. The Labute approximate surface area is 99.5 Å². The molecule has 1 aromatic heterocycles. The lowest BCUT2D eigenvalue weighted by atomic mass is 10.0. The van der Waals surface area contributed by atoms with Gasteiger partial charge in [0.25, 0.3) is 0 Å². The van der Waals surface area contributed by atoms with Crippen LogP contribution < -0.4 is 0 Å². The minimum Gasteiger partial charge on any atom is -0.294 e. The minimum absolute atomic E-state index is 0.0786. The molecule has 84 valence electrons. The second-order valence-electron chi connectivity index (χ2n) is 4.37. The second-order valence-corrected chi connectivity index (χ2v) is 4.37. The summed E-state index contributed by atoms with van der Waals surface area (Å²) in [4.78, 5) is 20.4. The zero-order valence-corrected chi connectivity index (χ0v) is 9.55. The molecule has 1 heterocycles. The van der Waals surface area contributed by atoms with Crippen molar-refractivity contribution < 1.29 is 4.79 Å². The summed E-state index contributed by atoms with van der Waals surface area (Å²) in [5, 5.41) is 0. The summed E-state index contributed by atoms with van der Waals surface area (Å²) >= 11 is 0. The minimum atomic E-state index is 0.0786. The van der Waals surface area contributed by atoms with E-state index >= 15 is 0 Å². The SMILES string of the molecule is CC1Cc2c(cccc2-c2ncccn2)C1=O. The van der Waals surface area contributed by atoms with Crippen molar-refractivity contribution in [3.05, 3.63) is 47.8 Å². The average Bonchev–Trinajstić information content (AvgIpc) is 2.67. The number of hydrogen-bond acceptors (Lipinski definition) is 3. The van der Waals surface area contributed by atoms with Gasteiger partial charge in [-0.3, -0.25) is 4.79 Å². The average molecular weight is 224 g/mol. The summed E-state index contributed by atoms with van der Waals surface area (Å²) in [6, 6.07) is 7.58. The fourth-order valence-electron chi connectivity index (χ4n) is 2.35. The number of fused-ring (bicyclic) bond motifs is 1. The van der Waals surface area contributed by atoms with Crippen LogP contribution in [-0.4, -0.2) is 15.8 Å². The number of Topliss-reactive ketones (excluding diaryl/α,β-unsaturated/α-hetero) is 1. The first-order chi connectivity index (χ1) is 8.27. The predicted octanol–water partition coefficient (Wildman–Crippen LogP) is 2.52. The fourth-order valence-corrected chi connectivity index (χ4v) is 2.35. The third-order valence-electron chi connectivity index (χ3n) is 3.21. The van der Waals surface area contributed by atoms with Crippen LogP contribution in [-0.2, 0) is 6.42 Å². The first-order valence-corrected chi connectivity index (χ1v) is 5.71. The van der Waals surface area contributed by atoms with Crippen LogP contribution in [0.25, 0.3) is 11.4 Å². The molecule has 3 nitrogen and oxygen atoms in total. The quantitative estimate of drug-likeness (QED) is 0.747. The van der Waals surface area contributed by atoms with E-state index < -0.39 is 0 Å². The first-order valence-electron chi connectivity index (χ1n) is 5.71. The number of carbonyl (C=O) groups is 1. The maximum atomic E-state index is 11.9. The van der Waals surface area contributed by atoms with Gasteiger partial charge < -0.3 is 0 Å². The molecule has 0 spiro atoms. The van der Waals surface area contributed by atoms with Crippen molar-refractivity contribution in [3.63, 3.8) is 0 Å². The van der Waals surface area contributed by atoms with Gasteiger partial charge in [-0.25, -0.2) is 9.97 Å². The highest BCUT2D eigenvalue weighted by atomic mass is 16.1. The Balaban J connectivity index is 2.19. The van der Waals surface area contributed by atoms with Crippen LogP contribution in [0.5, 0.6) is 0 Å². The molecule has 1 aliphatic carbocycles. The number of hydrogen-bond donors (Lipinski definition) is 0. The van der Waals surface area contributed by atoms with E-state index in [0.29, 0.717) is 5.82 Å². The monoisotopic (exact) mass is 224 g/mol. The number of ketones is 1. The van der Waals surface area contributed by atoms with Crippen molar-refractivity contribution in [1.29, 1.82) is 0 Å². The standard InChI is InChI=1S/C14H12N2O/c1-9-8-12-10(13(9)17)4-2-5-11(12)14-15-6-3-7-16-14/h2-7,9H,8H2,1H3. The molecule has 1 aliphatic rings. The molecule has 0 bridgehead atoms. The molecule has 1 unspecified atom stereocenters. The number of benzene rings is 1. The summed E-state index contributed by atoms with van der Waals surface area (Å²) in [5.74, 6) is 1.01. The zero-order valence-electron chi connectivity index (χ0n) is 9.55. The van der Waals surface area contributed by atoms with Gasteiger partial charge in [0.1, 0.15) is 0 Å². The Kier molecular flexibility index (Phi) is 2.25. The maximum absolute atomic E-state index is 11.9. The van der Waals surface area contributed by atoms with Crippen LogP contribution in [0.4, 0.5) is 0 Å². The van der Waals surface area contributed by atoms with E-state index in [-0.39, 0.29) is 11.7 Å². The van der Waals surface area contributed by atoms with Gasteiger partial charge in [-0.2, -0.15) is 0 Å². The lowest BCUT2D eigenvalue weighted by molar-refractivity contribution is 0.0946. The normalized spacial score (nSPS) is 18.2. The summed E-state index contributed by atoms with van der Waals surface area (Å²) < 4.78 is 0. The van der Waals surface area contributed by atoms with E-state index in [0.717, 1.165) is 23.1 Å². The second kappa shape index (κ2) is 3.77. The van der Waals surface area contributed by atoms with Crippen molar-refractivity contribution in [2.45, 2.75) is 13.3 Å². The van der Waals surface area contributed by atoms with Gasteiger partial charge in [-0.05, 0) is 18.1 Å². The number of rotatable bonds is 1. The van der Waals surface area contributed by atoms with Crippen LogP contribution in [0.3, 0.4) is 0 Å². The largest absolute Gasteiger partial charge is 0.294 e. The highest BCUT2D eigenvalue weighted by Crippen LogP contribution is 2.33. The summed E-state index contributed by atoms with van der Waals surface area (Å²) in [6.45, 7) is 1.97. The van der Waals surface area contributed by atoms with Crippen LogP contribution in [0.15, 0.2) is 36.7 Å². The summed E-state index contributed by atoms with van der Waals surface area (Å²) in [5.41, 5.74) is 2.92. The molecule has 0 saturated heterocycles. The third kappa shape index (κ3) is 1.55. The van der Waals surface area contributed by atoms with Crippen LogP contribution in [0.1, 0.15) is 22.8 Å². The third-order valence-corrected chi connectivity index (χ3v) is 3.21. The fraction of sp³-hybridized carbons (Fsp3) is 0.214. The molecule has 0 N–H and O–H groups in total. The van der Waals surface area contributed by atoms with Gasteiger partial charge in [0, 0.05) is 29.4 Å². The topological polar surface area (TPSA) is 42.9 Å². The zero-order chi connectivity index (χ0) is 11.8. The molecule has 17 heavy (non-hydrogen) atoms. The Morgan fingerprint density at radius 2 is 1.82 bits per heavy atom.